The number of nitrogens with zero attached hydrogens (tertiary/aromatic N) is 1. The fourth-order valence-corrected chi connectivity index (χ4v) is 1.48. The minimum atomic E-state index is 0.900. The van der Waals surface area contributed by atoms with Gasteiger partial charge in [0.25, 0.3) is 0 Å². The van der Waals surface area contributed by atoms with Crippen LogP contribution in [0, 0.1) is 5.92 Å². The Morgan fingerprint density at radius 2 is 2.42 bits per heavy atom. The van der Waals surface area contributed by atoms with E-state index >= 15 is 0 Å². The predicted molar refractivity (Wildman–Crippen MR) is 53.2 cm³/mol. The third kappa shape index (κ3) is 1.97. The molecule has 0 amide bonds. The fraction of sp³-hybridized carbons (Fsp3) is 0.444. The van der Waals surface area contributed by atoms with Crippen molar-refractivity contribution < 1.29 is 0 Å². The summed E-state index contributed by atoms with van der Waals surface area (Å²) in [6.07, 6.45) is 4.54. The summed E-state index contributed by atoms with van der Waals surface area (Å²) < 4.78 is 0.908. The van der Waals surface area contributed by atoms with E-state index in [0.29, 0.717) is 0 Å². The zero-order valence-corrected chi connectivity index (χ0v) is 8.34. The van der Waals surface area contributed by atoms with Crippen LogP contribution in [0.2, 0.25) is 0 Å². The largest absolute Gasteiger partial charge is 0.383 e. The first-order valence-corrected chi connectivity index (χ1v) is 5.00. The molecule has 1 heterocycles. The maximum absolute atomic E-state index is 4.13. The van der Waals surface area contributed by atoms with Gasteiger partial charge in [-0.3, -0.25) is 0 Å². The van der Waals surface area contributed by atoms with E-state index in [4.69, 9.17) is 0 Å². The van der Waals surface area contributed by atoms with Crippen molar-refractivity contribution in [2.75, 3.05) is 11.9 Å². The van der Waals surface area contributed by atoms with Gasteiger partial charge < -0.3 is 5.32 Å². The number of pyridine rings is 1. The second-order valence-electron chi connectivity index (χ2n) is 3.17. The molecule has 0 unspecified atom stereocenters. The van der Waals surface area contributed by atoms with Crippen LogP contribution >= 0.6 is 15.9 Å². The number of rotatable bonds is 3. The van der Waals surface area contributed by atoms with E-state index < -0.39 is 0 Å². The number of halogens is 1. The van der Waals surface area contributed by atoms with Crippen molar-refractivity contribution in [1.82, 2.24) is 4.98 Å². The molecule has 0 saturated heterocycles. The van der Waals surface area contributed by atoms with Crippen molar-refractivity contribution in [3.05, 3.63) is 22.9 Å². The second kappa shape index (κ2) is 3.44. The smallest absolute Gasteiger partial charge is 0.129 e. The van der Waals surface area contributed by atoms with E-state index in [9.17, 15) is 0 Å². The lowest BCUT2D eigenvalue weighted by Gasteiger charge is -2.05. The molecule has 0 aliphatic heterocycles. The fourth-order valence-electron chi connectivity index (χ4n) is 1.09. The maximum Gasteiger partial charge on any atom is 0.129 e. The summed E-state index contributed by atoms with van der Waals surface area (Å²) in [7, 11) is 0. The van der Waals surface area contributed by atoms with Gasteiger partial charge >= 0.3 is 0 Å². The Labute approximate surface area is 80.5 Å². The number of nitrogens with one attached hydrogen (secondary N) is 1. The third-order valence-corrected chi connectivity index (χ3v) is 2.67. The molecule has 1 aliphatic carbocycles. The van der Waals surface area contributed by atoms with Crippen molar-refractivity contribution >= 4 is 21.6 Å². The normalized spacial score (nSPS) is 16.1. The van der Waals surface area contributed by atoms with Crippen LogP contribution in [0.15, 0.2) is 22.9 Å². The maximum atomic E-state index is 4.13. The molecule has 1 saturated carbocycles. The summed E-state index contributed by atoms with van der Waals surface area (Å²) in [5.74, 6) is 0.900. The lowest BCUT2D eigenvalue weighted by Crippen LogP contribution is -2.03. The van der Waals surface area contributed by atoms with Crippen LogP contribution in [-0.2, 0) is 0 Å². The highest BCUT2D eigenvalue weighted by Crippen LogP contribution is 2.29. The standard InChI is InChI=1S/C9H11BrN2/c10-9-8(2-1-5-11-9)12-6-7-3-4-7/h1-2,5,7,12H,3-4,6H2. The van der Waals surface area contributed by atoms with Crippen LogP contribution < -0.4 is 5.32 Å². The van der Waals surface area contributed by atoms with Gasteiger partial charge in [-0.25, -0.2) is 4.98 Å². The first kappa shape index (κ1) is 8.05. The summed E-state index contributed by atoms with van der Waals surface area (Å²) in [6, 6.07) is 3.99. The Bertz CT molecular complexity index is 271. The topological polar surface area (TPSA) is 24.9 Å². The van der Waals surface area contributed by atoms with Gasteiger partial charge in [-0.2, -0.15) is 0 Å². The summed E-state index contributed by atoms with van der Waals surface area (Å²) in [4.78, 5) is 4.13. The molecule has 1 aromatic rings. The van der Waals surface area contributed by atoms with Crippen molar-refractivity contribution in [2.24, 2.45) is 5.92 Å². The second-order valence-corrected chi connectivity index (χ2v) is 3.92. The Hall–Kier alpha value is -0.570. The molecule has 0 aromatic carbocycles. The molecule has 1 aromatic heterocycles. The third-order valence-electron chi connectivity index (χ3n) is 2.04. The van der Waals surface area contributed by atoms with Gasteiger partial charge in [-0.15, -0.1) is 0 Å². The first-order chi connectivity index (χ1) is 5.86. The van der Waals surface area contributed by atoms with E-state index in [2.05, 4.69) is 26.2 Å². The summed E-state index contributed by atoms with van der Waals surface area (Å²) in [5, 5.41) is 3.37. The molecule has 1 aliphatic rings. The Kier molecular flexibility index (Phi) is 2.30. The van der Waals surface area contributed by atoms with Crippen LogP contribution in [0.1, 0.15) is 12.8 Å². The predicted octanol–water partition coefficient (Wildman–Crippen LogP) is 2.67. The lowest BCUT2D eigenvalue weighted by molar-refractivity contribution is 0.887. The van der Waals surface area contributed by atoms with E-state index in [1.165, 1.54) is 12.8 Å². The molecule has 0 bridgehead atoms. The Morgan fingerprint density at radius 3 is 3.08 bits per heavy atom. The minimum Gasteiger partial charge on any atom is -0.383 e. The van der Waals surface area contributed by atoms with E-state index in [0.717, 1.165) is 22.8 Å². The van der Waals surface area contributed by atoms with Crippen LogP contribution in [0.25, 0.3) is 0 Å². The van der Waals surface area contributed by atoms with Crippen molar-refractivity contribution in [2.45, 2.75) is 12.8 Å². The average Bonchev–Trinajstić information content (AvgIpc) is 2.86. The summed E-state index contributed by atoms with van der Waals surface area (Å²) >= 11 is 3.39. The van der Waals surface area contributed by atoms with Crippen molar-refractivity contribution in [1.29, 1.82) is 0 Å². The van der Waals surface area contributed by atoms with Crippen LogP contribution in [0.5, 0.6) is 0 Å². The van der Waals surface area contributed by atoms with Gasteiger partial charge in [-0.05, 0) is 46.8 Å². The monoisotopic (exact) mass is 226 g/mol. The molecule has 0 spiro atoms. The first-order valence-electron chi connectivity index (χ1n) is 4.20. The molecule has 12 heavy (non-hydrogen) atoms. The molecule has 1 N–H and O–H groups in total. The number of hydrogen-bond donors (Lipinski definition) is 1. The molecule has 0 radical (unpaired) electrons. The highest BCUT2D eigenvalue weighted by atomic mass is 79.9. The minimum absolute atomic E-state index is 0.900. The van der Waals surface area contributed by atoms with Gasteiger partial charge in [-0.1, -0.05) is 0 Å². The average molecular weight is 227 g/mol. The summed E-state index contributed by atoms with van der Waals surface area (Å²) in [5.41, 5.74) is 1.10. The van der Waals surface area contributed by atoms with Crippen LogP contribution in [-0.4, -0.2) is 11.5 Å². The lowest BCUT2D eigenvalue weighted by atomic mass is 10.4. The van der Waals surface area contributed by atoms with E-state index in [1.54, 1.807) is 6.20 Å². The Morgan fingerprint density at radius 1 is 1.58 bits per heavy atom. The Balaban J connectivity index is 1.96. The van der Waals surface area contributed by atoms with Gasteiger partial charge in [0.15, 0.2) is 0 Å². The summed E-state index contributed by atoms with van der Waals surface area (Å²) in [6.45, 7) is 1.09. The van der Waals surface area contributed by atoms with Crippen LogP contribution in [0.3, 0.4) is 0 Å². The quantitative estimate of drug-likeness (QED) is 0.803. The van der Waals surface area contributed by atoms with E-state index in [1.807, 2.05) is 12.1 Å². The van der Waals surface area contributed by atoms with Gasteiger partial charge in [0.2, 0.25) is 0 Å². The molecule has 2 rings (SSSR count). The molecule has 2 nitrogen and oxygen atoms in total. The SMILES string of the molecule is Brc1ncccc1NCC1CC1. The number of aromatic nitrogens is 1. The molecular weight excluding hydrogens is 216 g/mol. The van der Waals surface area contributed by atoms with Gasteiger partial charge in [0.1, 0.15) is 4.60 Å². The molecular formula is C9H11BrN2. The van der Waals surface area contributed by atoms with Crippen LogP contribution in [0.4, 0.5) is 5.69 Å². The molecule has 1 fully saturated rings. The van der Waals surface area contributed by atoms with E-state index in [-0.39, 0.29) is 0 Å². The molecule has 3 heteroatoms. The zero-order valence-electron chi connectivity index (χ0n) is 6.76. The van der Waals surface area contributed by atoms with Gasteiger partial charge in [0, 0.05) is 12.7 Å². The molecule has 0 atom stereocenters. The highest BCUT2D eigenvalue weighted by molar-refractivity contribution is 9.10. The zero-order chi connectivity index (χ0) is 8.39. The van der Waals surface area contributed by atoms with Crippen molar-refractivity contribution in [3.63, 3.8) is 0 Å². The highest BCUT2D eigenvalue weighted by Gasteiger charge is 2.20. The molecule has 64 valence electrons. The van der Waals surface area contributed by atoms with Crippen molar-refractivity contribution in [3.8, 4) is 0 Å². The van der Waals surface area contributed by atoms with Gasteiger partial charge in [0.05, 0.1) is 5.69 Å². The number of anilines is 1. The number of hydrogen-bond acceptors (Lipinski definition) is 2.